The van der Waals surface area contributed by atoms with E-state index in [0.717, 1.165) is 5.56 Å². The Morgan fingerprint density at radius 2 is 1.76 bits per heavy atom. The van der Waals surface area contributed by atoms with Gasteiger partial charge in [-0.15, -0.1) is 0 Å². The lowest BCUT2D eigenvalue weighted by Gasteiger charge is -2.08. The van der Waals surface area contributed by atoms with Crippen LogP contribution in [0.25, 0.3) is 16.9 Å². The first kappa shape index (κ1) is 13.7. The van der Waals surface area contributed by atoms with Crippen LogP contribution in [-0.2, 0) is 6.42 Å². The van der Waals surface area contributed by atoms with Gasteiger partial charge in [-0.05, 0) is 19.1 Å². The summed E-state index contributed by atoms with van der Waals surface area (Å²) in [5.41, 5.74) is 2.83. The summed E-state index contributed by atoms with van der Waals surface area (Å²) in [6.45, 7) is 1.93. The molecule has 2 aromatic heterocycles. The van der Waals surface area contributed by atoms with E-state index in [4.69, 9.17) is 0 Å². The van der Waals surface area contributed by atoms with E-state index in [0.29, 0.717) is 16.9 Å². The molecule has 0 saturated carbocycles. The van der Waals surface area contributed by atoms with Gasteiger partial charge >= 0.3 is 6.18 Å². The largest absolute Gasteiger partial charge is 0.394 e. The van der Waals surface area contributed by atoms with E-state index in [2.05, 4.69) is 4.98 Å². The second-order valence-electron chi connectivity index (χ2n) is 4.99. The minimum absolute atomic E-state index is 0.168. The molecule has 0 saturated heterocycles. The molecule has 0 unspecified atom stereocenters. The van der Waals surface area contributed by atoms with Crippen molar-refractivity contribution in [2.24, 2.45) is 0 Å². The topological polar surface area (TPSA) is 17.3 Å². The maximum atomic E-state index is 12.9. The highest BCUT2D eigenvalue weighted by Gasteiger charge is 2.31. The molecule has 3 rings (SSSR count). The number of halogens is 3. The predicted octanol–water partition coefficient (Wildman–Crippen LogP) is 4.41. The molecule has 21 heavy (non-hydrogen) atoms. The quantitative estimate of drug-likeness (QED) is 0.683. The molecule has 1 aromatic carbocycles. The van der Waals surface area contributed by atoms with E-state index in [1.165, 1.54) is 4.40 Å². The normalized spacial score (nSPS) is 12.0. The molecule has 2 heterocycles. The second kappa shape index (κ2) is 4.91. The van der Waals surface area contributed by atoms with Crippen LogP contribution in [0.4, 0.5) is 13.2 Å². The first-order chi connectivity index (χ1) is 9.94. The van der Waals surface area contributed by atoms with Crippen molar-refractivity contribution < 1.29 is 13.2 Å². The highest BCUT2D eigenvalue weighted by molar-refractivity contribution is 5.67. The molecule has 0 aliphatic rings. The number of rotatable bonds is 2. The Labute approximate surface area is 119 Å². The van der Waals surface area contributed by atoms with Gasteiger partial charge in [-0.25, -0.2) is 4.98 Å². The number of imidazole rings is 1. The minimum atomic E-state index is -4.27. The SMILES string of the molecule is Cc1ccc(-c2nc3ccccn3c2CC(F)(F)F)cc1. The van der Waals surface area contributed by atoms with Gasteiger partial charge in [-0.1, -0.05) is 35.9 Å². The fraction of sp³-hybridized carbons (Fsp3) is 0.188. The third-order valence-corrected chi connectivity index (χ3v) is 3.32. The summed E-state index contributed by atoms with van der Waals surface area (Å²) in [5, 5.41) is 0. The summed E-state index contributed by atoms with van der Waals surface area (Å²) in [4.78, 5) is 4.36. The summed E-state index contributed by atoms with van der Waals surface area (Å²) in [5.74, 6) is 0. The monoisotopic (exact) mass is 290 g/mol. The molecule has 0 fully saturated rings. The van der Waals surface area contributed by atoms with E-state index < -0.39 is 12.6 Å². The van der Waals surface area contributed by atoms with Gasteiger partial charge in [0.25, 0.3) is 0 Å². The fourth-order valence-corrected chi connectivity index (χ4v) is 2.35. The van der Waals surface area contributed by atoms with E-state index in [1.807, 2.05) is 19.1 Å². The molecule has 108 valence electrons. The molecule has 0 radical (unpaired) electrons. The maximum Gasteiger partial charge on any atom is 0.394 e. The summed E-state index contributed by atoms with van der Waals surface area (Å²) < 4.78 is 40.1. The highest BCUT2D eigenvalue weighted by atomic mass is 19.4. The van der Waals surface area contributed by atoms with Crippen molar-refractivity contribution in [3.63, 3.8) is 0 Å². The molecule has 0 amide bonds. The molecule has 2 nitrogen and oxygen atoms in total. The third kappa shape index (κ3) is 2.77. The van der Waals surface area contributed by atoms with Crippen molar-refractivity contribution in [3.05, 3.63) is 59.9 Å². The van der Waals surface area contributed by atoms with E-state index in [1.54, 1.807) is 36.5 Å². The molecule has 3 aromatic rings. The number of nitrogens with zero attached hydrogens (tertiary/aromatic N) is 2. The third-order valence-electron chi connectivity index (χ3n) is 3.32. The van der Waals surface area contributed by atoms with Gasteiger partial charge in [-0.3, -0.25) is 0 Å². The zero-order chi connectivity index (χ0) is 15.0. The number of fused-ring (bicyclic) bond motifs is 1. The molecule has 0 aliphatic carbocycles. The predicted molar refractivity (Wildman–Crippen MR) is 75.1 cm³/mol. The van der Waals surface area contributed by atoms with Crippen LogP contribution in [0.2, 0.25) is 0 Å². The van der Waals surface area contributed by atoms with Gasteiger partial charge in [0.1, 0.15) is 5.65 Å². The van der Waals surface area contributed by atoms with Crippen molar-refractivity contribution in [1.82, 2.24) is 9.38 Å². The van der Waals surface area contributed by atoms with Crippen molar-refractivity contribution in [2.45, 2.75) is 19.5 Å². The number of hydrogen-bond donors (Lipinski definition) is 0. The first-order valence-corrected chi connectivity index (χ1v) is 6.54. The minimum Gasteiger partial charge on any atom is -0.303 e. The molecule has 0 spiro atoms. The van der Waals surface area contributed by atoms with E-state index in [9.17, 15) is 13.2 Å². The Balaban J connectivity index is 2.21. The van der Waals surface area contributed by atoms with Gasteiger partial charge in [0.2, 0.25) is 0 Å². The Kier molecular flexibility index (Phi) is 3.20. The van der Waals surface area contributed by atoms with Crippen molar-refractivity contribution >= 4 is 5.65 Å². The molecular formula is C16H13F3N2. The van der Waals surface area contributed by atoms with E-state index >= 15 is 0 Å². The van der Waals surface area contributed by atoms with Crippen molar-refractivity contribution in [3.8, 4) is 11.3 Å². The van der Waals surface area contributed by atoms with Crippen molar-refractivity contribution in [1.29, 1.82) is 0 Å². The van der Waals surface area contributed by atoms with Crippen LogP contribution in [-0.4, -0.2) is 15.6 Å². The molecule has 0 bridgehead atoms. The number of aromatic nitrogens is 2. The van der Waals surface area contributed by atoms with Crippen LogP contribution in [0.3, 0.4) is 0 Å². The molecule has 0 atom stereocenters. The van der Waals surface area contributed by atoms with Gasteiger partial charge in [0.15, 0.2) is 0 Å². The van der Waals surface area contributed by atoms with Crippen molar-refractivity contribution in [2.75, 3.05) is 0 Å². The molecule has 0 aliphatic heterocycles. The fourth-order valence-electron chi connectivity index (χ4n) is 2.35. The Bertz CT molecular complexity index is 770. The number of aryl methyl sites for hydroxylation is 1. The van der Waals surface area contributed by atoms with Gasteiger partial charge in [0, 0.05) is 11.8 Å². The average molecular weight is 290 g/mol. The summed E-state index contributed by atoms with van der Waals surface area (Å²) in [6.07, 6.45) is -3.66. The number of benzene rings is 1. The Morgan fingerprint density at radius 1 is 1.05 bits per heavy atom. The van der Waals surface area contributed by atoms with Crippen LogP contribution >= 0.6 is 0 Å². The number of hydrogen-bond acceptors (Lipinski definition) is 1. The van der Waals surface area contributed by atoms with Crippen LogP contribution in [0, 0.1) is 6.92 Å². The average Bonchev–Trinajstić information content (AvgIpc) is 2.77. The van der Waals surface area contributed by atoms with Gasteiger partial charge in [0.05, 0.1) is 17.8 Å². The van der Waals surface area contributed by atoms with Gasteiger partial charge < -0.3 is 4.40 Å². The van der Waals surface area contributed by atoms with Crippen LogP contribution in [0.15, 0.2) is 48.7 Å². The lowest BCUT2D eigenvalue weighted by Crippen LogP contribution is -2.14. The Hall–Kier alpha value is -2.30. The molecule has 5 heteroatoms. The maximum absolute atomic E-state index is 12.9. The lowest BCUT2D eigenvalue weighted by molar-refractivity contribution is -0.127. The van der Waals surface area contributed by atoms with Gasteiger partial charge in [-0.2, -0.15) is 13.2 Å². The second-order valence-corrected chi connectivity index (χ2v) is 4.99. The summed E-state index contributed by atoms with van der Waals surface area (Å²) >= 11 is 0. The van der Waals surface area contributed by atoms with Crippen LogP contribution in [0.1, 0.15) is 11.3 Å². The Morgan fingerprint density at radius 3 is 2.43 bits per heavy atom. The summed E-state index contributed by atoms with van der Waals surface area (Å²) in [7, 11) is 0. The zero-order valence-corrected chi connectivity index (χ0v) is 11.4. The number of pyridine rings is 1. The standard InChI is InChI=1S/C16H13F3N2/c1-11-5-7-12(8-6-11)15-13(10-16(17,18)19)21-9-3-2-4-14(21)20-15/h2-9H,10H2,1H3. The first-order valence-electron chi connectivity index (χ1n) is 6.54. The molecule has 0 N–H and O–H groups in total. The smallest absolute Gasteiger partial charge is 0.303 e. The molecular weight excluding hydrogens is 277 g/mol. The summed E-state index contributed by atoms with van der Waals surface area (Å²) in [6, 6.07) is 12.5. The zero-order valence-electron chi connectivity index (χ0n) is 11.4. The van der Waals surface area contributed by atoms with Crippen LogP contribution < -0.4 is 0 Å². The van der Waals surface area contributed by atoms with E-state index in [-0.39, 0.29) is 5.69 Å². The van der Waals surface area contributed by atoms with Crippen LogP contribution in [0.5, 0.6) is 0 Å². The number of alkyl halides is 3. The lowest BCUT2D eigenvalue weighted by atomic mass is 10.1. The highest BCUT2D eigenvalue weighted by Crippen LogP contribution is 2.30.